The van der Waals surface area contributed by atoms with E-state index in [0.717, 1.165) is 0 Å². The van der Waals surface area contributed by atoms with Gasteiger partial charge in [0.1, 0.15) is 11.5 Å². The number of methoxy groups -OCH3 is 2. The molecule has 0 radical (unpaired) electrons. The van der Waals surface area contributed by atoms with Gasteiger partial charge in [-0.3, -0.25) is 9.59 Å². The number of ether oxygens (including phenoxy) is 2. The first-order valence-corrected chi connectivity index (χ1v) is 7.90. The van der Waals surface area contributed by atoms with Crippen LogP contribution >= 0.6 is 11.6 Å². The summed E-state index contributed by atoms with van der Waals surface area (Å²) < 4.78 is 15.3. The summed E-state index contributed by atoms with van der Waals surface area (Å²) >= 11 is 6.07. The molecule has 1 aromatic heterocycles. The molecule has 1 aromatic carbocycles. The van der Waals surface area contributed by atoms with Gasteiger partial charge in [-0.2, -0.15) is 5.10 Å². The van der Waals surface area contributed by atoms with E-state index in [1.165, 1.54) is 32.6 Å². The number of hydrazone groups is 1. The topological polar surface area (TPSA) is 102 Å². The van der Waals surface area contributed by atoms with Gasteiger partial charge in [-0.1, -0.05) is 11.6 Å². The molecule has 0 aliphatic heterocycles. The fourth-order valence-electron chi connectivity index (χ4n) is 2.03. The van der Waals surface area contributed by atoms with Gasteiger partial charge in [-0.15, -0.1) is 0 Å². The SMILES string of the molecule is COc1cc(OC)c(NC(=O)C/C(C)=N/NC(=O)c2ccco2)cc1Cl. The van der Waals surface area contributed by atoms with E-state index in [4.69, 9.17) is 25.5 Å². The van der Waals surface area contributed by atoms with Gasteiger partial charge in [0.2, 0.25) is 5.91 Å². The average molecular weight is 380 g/mol. The number of carbonyl (C=O) groups is 2. The van der Waals surface area contributed by atoms with Crippen molar-refractivity contribution in [3.63, 3.8) is 0 Å². The lowest BCUT2D eigenvalue weighted by Gasteiger charge is -2.13. The molecule has 0 atom stereocenters. The van der Waals surface area contributed by atoms with Crippen molar-refractivity contribution < 1.29 is 23.5 Å². The molecule has 0 aliphatic rings. The zero-order valence-electron chi connectivity index (χ0n) is 14.5. The van der Waals surface area contributed by atoms with E-state index in [1.54, 1.807) is 19.1 Å². The molecule has 0 bridgehead atoms. The fourth-order valence-corrected chi connectivity index (χ4v) is 2.27. The third-order valence-electron chi connectivity index (χ3n) is 3.26. The lowest BCUT2D eigenvalue weighted by Crippen LogP contribution is -2.21. The van der Waals surface area contributed by atoms with Gasteiger partial charge in [0.05, 0.1) is 37.6 Å². The van der Waals surface area contributed by atoms with Crippen LogP contribution in [0.2, 0.25) is 5.02 Å². The van der Waals surface area contributed by atoms with Gasteiger partial charge in [-0.05, 0) is 25.1 Å². The van der Waals surface area contributed by atoms with Crippen LogP contribution in [-0.4, -0.2) is 31.7 Å². The summed E-state index contributed by atoms with van der Waals surface area (Å²) in [7, 11) is 2.95. The van der Waals surface area contributed by atoms with Gasteiger partial charge in [0.15, 0.2) is 5.76 Å². The normalized spacial score (nSPS) is 11.0. The Morgan fingerprint density at radius 2 is 1.96 bits per heavy atom. The average Bonchev–Trinajstić information content (AvgIpc) is 3.14. The predicted molar refractivity (Wildman–Crippen MR) is 97.1 cm³/mol. The third kappa shape index (κ3) is 5.00. The minimum absolute atomic E-state index is 0.0365. The van der Waals surface area contributed by atoms with Crippen molar-refractivity contribution in [3.05, 3.63) is 41.3 Å². The molecule has 2 rings (SSSR count). The van der Waals surface area contributed by atoms with Gasteiger partial charge < -0.3 is 19.2 Å². The Hall–Kier alpha value is -3.00. The molecule has 0 aliphatic carbocycles. The van der Waals surface area contributed by atoms with E-state index in [-0.39, 0.29) is 18.1 Å². The fraction of sp³-hybridized carbons (Fsp3) is 0.235. The predicted octanol–water partition coefficient (Wildman–Crippen LogP) is 3.08. The van der Waals surface area contributed by atoms with Crippen LogP contribution in [0.3, 0.4) is 0 Å². The molecule has 0 unspecified atom stereocenters. The second kappa shape index (κ2) is 8.91. The quantitative estimate of drug-likeness (QED) is 0.568. The van der Waals surface area contributed by atoms with Crippen LogP contribution in [0.5, 0.6) is 11.5 Å². The molecule has 1 heterocycles. The number of furan rings is 1. The van der Waals surface area contributed by atoms with Gasteiger partial charge in [0.25, 0.3) is 0 Å². The number of benzene rings is 1. The van der Waals surface area contributed by atoms with Crippen LogP contribution in [-0.2, 0) is 4.79 Å². The van der Waals surface area contributed by atoms with Crippen LogP contribution in [0.15, 0.2) is 40.0 Å². The summed E-state index contributed by atoms with van der Waals surface area (Å²) in [5.41, 5.74) is 3.12. The monoisotopic (exact) mass is 379 g/mol. The van der Waals surface area contributed by atoms with Crippen LogP contribution in [0.1, 0.15) is 23.9 Å². The zero-order chi connectivity index (χ0) is 19.1. The summed E-state index contributed by atoms with van der Waals surface area (Å²) in [6.07, 6.45) is 1.34. The molecule has 2 aromatic rings. The number of nitrogens with one attached hydrogen (secondary N) is 2. The second-order valence-corrected chi connectivity index (χ2v) is 5.58. The molecule has 2 N–H and O–H groups in total. The minimum atomic E-state index is -0.502. The van der Waals surface area contributed by atoms with Crippen molar-refractivity contribution in [3.8, 4) is 11.5 Å². The highest BCUT2D eigenvalue weighted by Gasteiger charge is 2.13. The molecule has 8 nitrogen and oxygen atoms in total. The van der Waals surface area contributed by atoms with Crippen molar-refractivity contribution in [2.75, 3.05) is 19.5 Å². The maximum absolute atomic E-state index is 12.2. The smallest absolute Gasteiger partial charge is 0.307 e. The summed E-state index contributed by atoms with van der Waals surface area (Å²) in [6, 6.07) is 6.20. The van der Waals surface area contributed by atoms with E-state index in [0.29, 0.717) is 27.9 Å². The van der Waals surface area contributed by atoms with Crippen LogP contribution in [0.25, 0.3) is 0 Å². The molecule has 26 heavy (non-hydrogen) atoms. The molecule has 9 heteroatoms. The maximum atomic E-state index is 12.2. The summed E-state index contributed by atoms with van der Waals surface area (Å²) in [5.74, 6) is 0.111. The maximum Gasteiger partial charge on any atom is 0.307 e. The number of halogens is 1. The molecule has 2 amide bonds. The second-order valence-electron chi connectivity index (χ2n) is 5.18. The summed E-state index contributed by atoms with van der Waals surface area (Å²) in [6.45, 7) is 1.61. The Morgan fingerprint density at radius 3 is 2.58 bits per heavy atom. The lowest BCUT2D eigenvalue weighted by molar-refractivity contribution is -0.115. The Balaban J connectivity index is 1.98. The van der Waals surface area contributed by atoms with Crippen molar-refractivity contribution >= 4 is 34.8 Å². The third-order valence-corrected chi connectivity index (χ3v) is 3.55. The molecule has 0 spiro atoms. The van der Waals surface area contributed by atoms with Crippen LogP contribution in [0.4, 0.5) is 5.69 Å². The van der Waals surface area contributed by atoms with Crippen LogP contribution < -0.4 is 20.2 Å². The molecular formula is C17H18ClN3O5. The standard InChI is InChI=1S/C17H18ClN3O5/c1-10(20-21-17(23)13-5-4-6-26-13)7-16(22)19-12-8-11(18)14(24-2)9-15(12)25-3/h4-6,8-9H,7H2,1-3H3,(H,19,22)(H,21,23)/b20-10+. The van der Waals surface area contributed by atoms with E-state index in [2.05, 4.69) is 15.8 Å². The highest BCUT2D eigenvalue weighted by molar-refractivity contribution is 6.32. The Morgan fingerprint density at radius 1 is 1.23 bits per heavy atom. The highest BCUT2D eigenvalue weighted by Crippen LogP contribution is 2.35. The zero-order valence-corrected chi connectivity index (χ0v) is 15.2. The number of carbonyl (C=O) groups excluding carboxylic acids is 2. The number of nitrogens with zero attached hydrogens (tertiary/aromatic N) is 1. The number of anilines is 1. The Labute approximate surface area is 155 Å². The first-order chi connectivity index (χ1) is 12.4. The molecule has 0 fully saturated rings. The number of amides is 2. The van der Waals surface area contributed by atoms with Crippen molar-refractivity contribution in [1.82, 2.24) is 5.43 Å². The van der Waals surface area contributed by atoms with E-state index >= 15 is 0 Å². The van der Waals surface area contributed by atoms with E-state index in [1.807, 2.05) is 0 Å². The molecular weight excluding hydrogens is 362 g/mol. The van der Waals surface area contributed by atoms with Gasteiger partial charge >= 0.3 is 5.91 Å². The minimum Gasteiger partial charge on any atom is -0.495 e. The van der Waals surface area contributed by atoms with Gasteiger partial charge in [-0.25, -0.2) is 5.43 Å². The van der Waals surface area contributed by atoms with E-state index < -0.39 is 5.91 Å². The van der Waals surface area contributed by atoms with Gasteiger partial charge in [0, 0.05) is 11.8 Å². The van der Waals surface area contributed by atoms with E-state index in [9.17, 15) is 9.59 Å². The first kappa shape index (κ1) is 19.3. The lowest BCUT2D eigenvalue weighted by atomic mass is 10.2. The van der Waals surface area contributed by atoms with Crippen molar-refractivity contribution in [2.45, 2.75) is 13.3 Å². The molecule has 138 valence electrons. The van der Waals surface area contributed by atoms with Crippen LogP contribution in [0, 0.1) is 0 Å². The molecule has 0 saturated carbocycles. The largest absolute Gasteiger partial charge is 0.495 e. The Kier molecular flexibility index (Phi) is 6.62. The van der Waals surface area contributed by atoms with Crippen molar-refractivity contribution in [1.29, 1.82) is 0 Å². The first-order valence-electron chi connectivity index (χ1n) is 7.53. The number of hydrogen-bond donors (Lipinski definition) is 2. The molecule has 0 saturated heterocycles. The Bertz CT molecular complexity index is 818. The summed E-state index contributed by atoms with van der Waals surface area (Å²) in [5, 5.41) is 6.88. The highest BCUT2D eigenvalue weighted by atomic mass is 35.5. The summed E-state index contributed by atoms with van der Waals surface area (Å²) in [4.78, 5) is 23.9. The van der Waals surface area contributed by atoms with Crippen molar-refractivity contribution in [2.24, 2.45) is 5.10 Å². The number of hydrogen-bond acceptors (Lipinski definition) is 6. The number of rotatable bonds is 7.